The number of rotatable bonds is 4. The van der Waals surface area contributed by atoms with Crippen molar-refractivity contribution in [3.8, 4) is 5.75 Å². The van der Waals surface area contributed by atoms with Gasteiger partial charge in [0.2, 0.25) is 5.82 Å². The summed E-state index contributed by atoms with van der Waals surface area (Å²) in [7, 11) is 1.65. The number of H-pyrrole nitrogens is 1. The minimum Gasteiger partial charge on any atom is -0.489 e. The number of likely N-dealkylation sites (N-methyl/N-ethyl adjacent to an activating group) is 1. The van der Waals surface area contributed by atoms with Gasteiger partial charge in [0.1, 0.15) is 24.7 Å². The molecule has 0 spiro atoms. The molecule has 4 aromatic rings. The fraction of sp³-hybridized carbons (Fsp3) is 0.190. The second-order valence-electron chi connectivity index (χ2n) is 7.26. The Morgan fingerprint density at radius 3 is 2.97 bits per heavy atom. The molecule has 1 atom stereocenters. The molecular weight excluding hydrogens is 398 g/mol. The number of aromatic nitrogens is 5. The van der Waals surface area contributed by atoms with Gasteiger partial charge in [-0.25, -0.2) is 9.67 Å². The maximum Gasteiger partial charge on any atom is 0.291 e. The highest BCUT2D eigenvalue weighted by Gasteiger charge is 2.32. The number of carbonyl (C=O) groups is 2. The van der Waals surface area contributed by atoms with Gasteiger partial charge in [0, 0.05) is 18.5 Å². The maximum atomic E-state index is 13.0. The summed E-state index contributed by atoms with van der Waals surface area (Å²) < 4.78 is 7.41. The van der Waals surface area contributed by atoms with E-state index in [1.807, 2.05) is 36.4 Å². The first-order valence-corrected chi connectivity index (χ1v) is 9.70. The minimum absolute atomic E-state index is 0.00691. The molecule has 10 nitrogen and oxygen atoms in total. The minimum atomic E-state index is -0.873. The summed E-state index contributed by atoms with van der Waals surface area (Å²) in [6.07, 6.45) is 3.17. The van der Waals surface area contributed by atoms with Crippen molar-refractivity contribution >= 4 is 28.4 Å². The van der Waals surface area contributed by atoms with Crippen molar-refractivity contribution in [2.24, 2.45) is 0 Å². The molecule has 0 aliphatic carbocycles. The summed E-state index contributed by atoms with van der Waals surface area (Å²) in [6.45, 7) is 0.485. The SMILES string of the molecule is CN1C(=O)[C@@H](NC(=O)c2ncn(Cc3ccccc3)n2)COc2cc3[nH]ncc3cc21. The Balaban J connectivity index is 1.31. The summed E-state index contributed by atoms with van der Waals surface area (Å²) in [5, 5.41) is 14.7. The molecule has 0 fully saturated rings. The third-order valence-corrected chi connectivity index (χ3v) is 5.15. The van der Waals surface area contributed by atoms with E-state index in [2.05, 4.69) is 25.6 Å². The van der Waals surface area contributed by atoms with Crippen LogP contribution in [-0.2, 0) is 11.3 Å². The Hall–Kier alpha value is -4.21. The van der Waals surface area contributed by atoms with Gasteiger partial charge in [0.25, 0.3) is 11.8 Å². The van der Waals surface area contributed by atoms with Crippen LogP contribution in [0.25, 0.3) is 10.9 Å². The smallest absolute Gasteiger partial charge is 0.291 e. The maximum absolute atomic E-state index is 13.0. The number of nitrogens with zero attached hydrogens (tertiary/aromatic N) is 5. The standard InChI is InChI=1S/C21H19N7O3/c1-27-17-7-14-9-23-25-15(14)8-18(17)31-11-16(21(27)30)24-20(29)19-22-12-28(26-19)10-13-5-3-2-4-6-13/h2-9,12,16H,10-11H2,1H3,(H,23,25)(H,24,29)/t16-/m0/s1. The molecule has 0 radical (unpaired) electrons. The van der Waals surface area contributed by atoms with Crippen molar-refractivity contribution in [1.82, 2.24) is 30.3 Å². The first kappa shape index (κ1) is 18.8. The quantitative estimate of drug-likeness (QED) is 0.518. The van der Waals surface area contributed by atoms with E-state index in [1.54, 1.807) is 24.0 Å². The van der Waals surface area contributed by atoms with Crippen molar-refractivity contribution in [3.05, 3.63) is 66.4 Å². The molecule has 0 unspecified atom stereocenters. The zero-order chi connectivity index (χ0) is 21.4. The third-order valence-electron chi connectivity index (χ3n) is 5.15. The topological polar surface area (TPSA) is 118 Å². The number of fused-ring (bicyclic) bond motifs is 2. The summed E-state index contributed by atoms with van der Waals surface area (Å²) in [5.41, 5.74) is 2.45. The number of anilines is 1. The highest BCUT2D eigenvalue weighted by molar-refractivity contribution is 6.03. The molecule has 0 saturated carbocycles. The molecule has 5 rings (SSSR count). The van der Waals surface area contributed by atoms with Crippen LogP contribution in [0.1, 0.15) is 16.2 Å². The van der Waals surface area contributed by atoms with Gasteiger partial charge in [-0.05, 0) is 11.6 Å². The number of aromatic amines is 1. The van der Waals surface area contributed by atoms with Crippen LogP contribution in [0.3, 0.4) is 0 Å². The van der Waals surface area contributed by atoms with Crippen LogP contribution in [0, 0.1) is 0 Å². The van der Waals surface area contributed by atoms with Crippen LogP contribution in [-0.4, -0.2) is 56.5 Å². The second kappa shape index (κ2) is 7.56. The highest BCUT2D eigenvalue weighted by atomic mass is 16.5. The van der Waals surface area contributed by atoms with Gasteiger partial charge in [-0.2, -0.15) is 5.10 Å². The summed E-state index contributed by atoms with van der Waals surface area (Å²) in [5.74, 6) is -0.301. The molecule has 0 saturated heterocycles. The van der Waals surface area contributed by atoms with Crippen LogP contribution in [0.5, 0.6) is 5.75 Å². The first-order valence-electron chi connectivity index (χ1n) is 9.70. The van der Waals surface area contributed by atoms with Crippen LogP contribution in [0.15, 0.2) is 55.0 Å². The second-order valence-corrected chi connectivity index (χ2v) is 7.26. The lowest BCUT2D eigenvalue weighted by Gasteiger charge is -2.20. The van der Waals surface area contributed by atoms with E-state index in [0.717, 1.165) is 16.5 Å². The zero-order valence-electron chi connectivity index (χ0n) is 16.6. The Labute approximate surface area is 176 Å². The van der Waals surface area contributed by atoms with Gasteiger partial charge < -0.3 is 15.0 Å². The number of carbonyl (C=O) groups excluding carboxylic acids is 2. The van der Waals surface area contributed by atoms with E-state index in [9.17, 15) is 9.59 Å². The molecule has 1 aliphatic rings. The fourth-order valence-corrected chi connectivity index (χ4v) is 3.51. The van der Waals surface area contributed by atoms with Crippen LogP contribution in [0.2, 0.25) is 0 Å². The van der Waals surface area contributed by atoms with E-state index in [1.165, 1.54) is 11.2 Å². The predicted molar refractivity (Wildman–Crippen MR) is 112 cm³/mol. The van der Waals surface area contributed by atoms with E-state index in [4.69, 9.17) is 4.74 Å². The Bertz CT molecular complexity index is 1260. The average molecular weight is 417 g/mol. The largest absolute Gasteiger partial charge is 0.489 e. The van der Waals surface area contributed by atoms with Gasteiger partial charge in [0.05, 0.1) is 23.9 Å². The van der Waals surface area contributed by atoms with Crippen molar-refractivity contribution in [3.63, 3.8) is 0 Å². The molecule has 2 N–H and O–H groups in total. The van der Waals surface area contributed by atoms with E-state index in [-0.39, 0.29) is 18.3 Å². The predicted octanol–water partition coefficient (Wildman–Crippen LogP) is 1.36. The van der Waals surface area contributed by atoms with Crippen molar-refractivity contribution in [2.45, 2.75) is 12.6 Å². The van der Waals surface area contributed by atoms with Gasteiger partial charge in [-0.3, -0.25) is 14.7 Å². The van der Waals surface area contributed by atoms with Gasteiger partial charge in [0.15, 0.2) is 0 Å². The molecule has 31 heavy (non-hydrogen) atoms. The van der Waals surface area contributed by atoms with Gasteiger partial charge in [-0.15, -0.1) is 5.10 Å². The van der Waals surface area contributed by atoms with Crippen molar-refractivity contribution in [2.75, 3.05) is 18.6 Å². The Morgan fingerprint density at radius 1 is 1.29 bits per heavy atom. The lowest BCUT2D eigenvalue weighted by atomic mass is 10.2. The number of hydrogen-bond acceptors (Lipinski definition) is 6. The number of benzene rings is 2. The number of ether oxygens (including phenoxy) is 1. The Morgan fingerprint density at radius 2 is 2.13 bits per heavy atom. The molecule has 2 aromatic heterocycles. The molecule has 0 bridgehead atoms. The molecule has 156 valence electrons. The van der Waals surface area contributed by atoms with Crippen LogP contribution < -0.4 is 15.0 Å². The molecule has 2 amide bonds. The van der Waals surface area contributed by atoms with E-state index >= 15 is 0 Å². The normalized spacial score (nSPS) is 16.0. The molecular formula is C21H19N7O3. The van der Waals surface area contributed by atoms with E-state index < -0.39 is 11.9 Å². The summed E-state index contributed by atoms with van der Waals surface area (Å²) in [4.78, 5) is 31.2. The first-order chi connectivity index (χ1) is 15.1. The van der Waals surface area contributed by atoms with Crippen LogP contribution in [0.4, 0.5) is 5.69 Å². The third kappa shape index (κ3) is 3.59. The van der Waals surface area contributed by atoms with Crippen molar-refractivity contribution < 1.29 is 14.3 Å². The van der Waals surface area contributed by atoms with Gasteiger partial charge >= 0.3 is 0 Å². The average Bonchev–Trinajstić information content (AvgIpc) is 3.42. The molecule has 1 aliphatic heterocycles. The number of hydrogen-bond donors (Lipinski definition) is 2. The Kier molecular flexibility index (Phi) is 4.58. The zero-order valence-corrected chi connectivity index (χ0v) is 16.6. The highest BCUT2D eigenvalue weighted by Crippen LogP contribution is 2.34. The number of nitrogens with one attached hydrogen (secondary N) is 2. The molecule has 2 aromatic carbocycles. The lowest BCUT2D eigenvalue weighted by Crippen LogP contribution is -2.49. The van der Waals surface area contributed by atoms with E-state index in [0.29, 0.717) is 18.0 Å². The summed E-state index contributed by atoms with van der Waals surface area (Å²) >= 11 is 0. The fourth-order valence-electron chi connectivity index (χ4n) is 3.51. The summed E-state index contributed by atoms with van der Waals surface area (Å²) in [6, 6.07) is 12.5. The molecule has 3 heterocycles. The van der Waals surface area contributed by atoms with Crippen LogP contribution >= 0.6 is 0 Å². The van der Waals surface area contributed by atoms with Crippen molar-refractivity contribution in [1.29, 1.82) is 0 Å². The number of amides is 2. The lowest BCUT2D eigenvalue weighted by molar-refractivity contribution is -0.120. The molecule has 10 heteroatoms. The van der Waals surface area contributed by atoms with Gasteiger partial charge in [-0.1, -0.05) is 30.3 Å². The monoisotopic (exact) mass is 417 g/mol.